The van der Waals surface area contributed by atoms with Crippen LogP contribution in [-0.2, 0) is 13.5 Å². The number of benzene rings is 2. The van der Waals surface area contributed by atoms with E-state index in [1.54, 1.807) is 6.33 Å². The second kappa shape index (κ2) is 7.15. The summed E-state index contributed by atoms with van der Waals surface area (Å²) in [7, 11) is 1.97. The minimum atomic E-state index is -0.0153. The Morgan fingerprint density at radius 3 is 2.69 bits per heavy atom. The lowest BCUT2D eigenvalue weighted by Gasteiger charge is -2.32. The van der Waals surface area contributed by atoms with Crippen LogP contribution in [0.1, 0.15) is 18.7 Å². The number of anilines is 1. The molecule has 0 saturated carbocycles. The minimum absolute atomic E-state index is 0.0153. The highest BCUT2D eigenvalue weighted by atomic mass is 16.2. The van der Waals surface area contributed by atoms with Crippen molar-refractivity contribution in [2.45, 2.75) is 19.3 Å². The smallest absolute Gasteiger partial charge is 0.321 e. The Morgan fingerprint density at radius 1 is 1.15 bits per heavy atom. The molecule has 1 saturated heterocycles. The summed E-state index contributed by atoms with van der Waals surface area (Å²) in [4.78, 5) is 14.6. The Kier molecular flexibility index (Phi) is 4.56. The van der Waals surface area contributed by atoms with Crippen LogP contribution in [0.3, 0.4) is 0 Å². The summed E-state index contributed by atoms with van der Waals surface area (Å²) in [6.45, 7) is 1.55. The number of nitrogens with one attached hydrogen (secondary N) is 1. The van der Waals surface area contributed by atoms with Gasteiger partial charge in [-0.15, -0.1) is 10.2 Å². The number of hydrogen-bond acceptors (Lipinski definition) is 3. The minimum Gasteiger partial charge on any atom is -0.325 e. The molecule has 6 heteroatoms. The number of rotatable bonds is 3. The maximum Gasteiger partial charge on any atom is 0.321 e. The van der Waals surface area contributed by atoms with E-state index in [0.717, 1.165) is 54.6 Å². The van der Waals surface area contributed by atoms with E-state index in [1.165, 1.54) is 0 Å². The maximum atomic E-state index is 12.7. The highest BCUT2D eigenvalue weighted by Crippen LogP contribution is 2.25. The molecule has 0 atom stereocenters. The molecule has 26 heavy (non-hydrogen) atoms. The van der Waals surface area contributed by atoms with E-state index in [9.17, 15) is 4.79 Å². The van der Waals surface area contributed by atoms with E-state index >= 15 is 0 Å². The molecule has 0 spiro atoms. The van der Waals surface area contributed by atoms with E-state index in [2.05, 4.69) is 27.6 Å². The first-order chi connectivity index (χ1) is 12.7. The fourth-order valence-electron chi connectivity index (χ4n) is 3.62. The van der Waals surface area contributed by atoms with Crippen LogP contribution in [-0.4, -0.2) is 38.8 Å². The standard InChI is InChI=1S/C20H23N5O/c1-24-14-21-23-19(24)13-15-9-11-25(12-10-15)20(26)22-18-8-4-6-16-5-2-3-7-17(16)18/h2-8,14-15H,9-13H2,1H3,(H,22,26). The Labute approximate surface area is 152 Å². The molecule has 1 fully saturated rings. The predicted molar refractivity (Wildman–Crippen MR) is 102 cm³/mol. The van der Waals surface area contributed by atoms with Crippen LogP contribution >= 0.6 is 0 Å². The molecule has 3 aromatic rings. The van der Waals surface area contributed by atoms with Crippen LogP contribution in [0.2, 0.25) is 0 Å². The third-order valence-corrected chi connectivity index (χ3v) is 5.21. The zero-order chi connectivity index (χ0) is 17.9. The second-order valence-electron chi connectivity index (χ2n) is 6.95. The van der Waals surface area contributed by atoms with Crippen LogP contribution in [0.5, 0.6) is 0 Å². The van der Waals surface area contributed by atoms with Crippen molar-refractivity contribution in [2.75, 3.05) is 18.4 Å². The summed E-state index contributed by atoms with van der Waals surface area (Å²) in [5, 5.41) is 13.4. The van der Waals surface area contributed by atoms with E-state index in [0.29, 0.717) is 5.92 Å². The molecule has 134 valence electrons. The molecule has 2 heterocycles. The fourth-order valence-corrected chi connectivity index (χ4v) is 3.62. The number of aromatic nitrogens is 3. The number of aryl methyl sites for hydroxylation is 1. The van der Waals surface area contributed by atoms with Crippen molar-refractivity contribution in [1.82, 2.24) is 19.7 Å². The normalized spacial score (nSPS) is 15.3. The average Bonchev–Trinajstić information content (AvgIpc) is 3.07. The third-order valence-electron chi connectivity index (χ3n) is 5.21. The van der Waals surface area contributed by atoms with Crippen molar-refractivity contribution in [3.8, 4) is 0 Å². The number of amides is 2. The van der Waals surface area contributed by atoms with Gasteiger partial charge in [-0.2, -0.15) is 0 Å². The molecule has 1 aliphatic rings. The van der Waals surface area contributed by atoms with Crippen LogP contribution in [0, 0.1) is 5.92 Å². The largest absolute Gasteiger partial charge is 0.325 e. The Morgan fingerprint density at radius 2 is 1.92 bits per heavy atom. The summed E-state index contributed by atoms with van der Waals surface area (Å²) in [6.07, 6.45) is 4.66. The van der Waals surface area contributed by atoms with Gasteiger partial charge in [0.15, 0.2) is 0 Å². The second-order valence-corrected chi connectivity index (χ2v) is 6.95. The number of urea groups is 1. The lowest BCUT2D eigenvalue weighted by molar-refractivity contribution is 0.181. The number of hydrogen-bond donors (Lipinski definition) is 1. The average molecular weight is 349 g/mol. The summed E-state index contributed by atoms with van der Waals surface area (Å²) < 4.78 is 1.97. The summed E-state index contributed by atoms with van der Waals surface area (Å²) in [5.74, 6) is 1.57. The molecular formula is C20H23N5O. The highest BCUT2D eigenvalue weighted by Gasteiger charge is 2.24. The van der Waals surface area contributed by atoms with Crippen LogP contribution in [0.4, 0.5) is 10.5 Å². The van der Waals surface area contributed by atoms with Crippen molar-refractivity contribution >= 4 is 22.5 Å². The zero-order valence-electron chi connectivity index (χ0n) is 14.9. The van der Waals surface area contributed by atoms with Gasteiger partial charge in [0.1, 0.15) is 12.2 Å². The molecule has 1 aromatic heterocycles. The monoisotopic (exact) mass is 349 g/mol. The number of piperidine rings is 1. The van der Waals surface area contributed by atoms with Crippen molar-refractivity contribution < 1.29 is 4.79 Å². The predicted octanol–water partition coefficient (Wildman–Crippen LogP) is 3.45. The van der Waals surface area contributed by atoms with Crippen LogP contribution in [0.25, 0.3) is 10.8 Å². The van der Waals surface area contributed by atoms with Crippen molar-refractivity contribution in [3.63, 3.8) is 0 Å². The molecule has 0 bridgehead atoms. The number of carbonyl (C=O) groups is 1. The molecule has 0 aliphatic carbocycles. The molecule has 1 aliphatic heterocycles. The first kappa shape index (κ1) is 16.6. The fraction of sp³-hybridized carbons (Fsp3) is 0.350. The van der Waals surface area contributed by atoms with Gasteiger partial charge < -0.3 is 14.8 Å². The van der Waals surface area contributed by atoms with E-state index in [-0.39, 0.29) is 6.03 Å². The lowest BCUT2D eigenvalue weighted by atomic mass is 9.93. The topological polar surface area (TPSA) is 63.1 Å². The van der Waals surface area contributed by atoms with Gasteiger partial charge in [-0.3, -0.25) is 0 Å². The van der Waals surface area contributed by atoms with E-state index in [1.807, 2.05) is 46.8 Å². The van der Waals surface area contributed by atoms with Gasteiger partial charge in [-0.05, 0) is 30.2 Å². The Bertz CT molecular complexity index is 906. The molecule has 2 amide bonds. The third kappa shape index (κ3) is 3.40. The molecule has 6 nitrogen and oxygen atoms in total. The van der Waals surface area contributed by atoms with Crippen molar-refractivity contribution in [2.24, 2.45) is 13.0 Å². The quantitative estimate of drug-likeness (QED) is 0.788. The van der Waals surface area contributed by atoms with Gasteiger partial charge in [-0.25, -0.2) is 4.79 Å². The van der Waals surface area contributed by atoms with Gasteiger partial charge in [0.05, 0.1) is 5.69 Å². The summed E-state index contributed by atoms with van der Waals surface area (Å²) in [5.41, 5.74) is 0.870. The molecule has 4 rings (SSSR count). The van der Waals surface area contributed by atoms with Crippen LogP contribution < -0.4 is 5.32 Å². The number of carbonyl (C=O) groups excluding carboxylic acids is 1. The number of likely N-dealkylation sites (tertiary alicyclic amines) is 1. The van der Waals surface area contributed by atoms with E-state index < -0.39 is 0 Å². The van der Waals surface area contributed by atoms with Gasteiger partial charge in [0.2, 0.25) is 0 Å². The highest BCUT2D eigenvalue weighted by molar-refractivity contribution is 6.01. The molecule has 0 radical (unpaired) electrons. The van der Waals surface area contributed by atoms with E-state index in [4.69, 9.17) is 0 Å². The molecule has 2 aromatic carbocycles. The molecule has 1 N–H and O–H groups in total. The first-order valence-corrected chi connectivity index (χ1v) is 9.07. The Hall–Kier alpha value is -2.89. The Balaban J connectivity index is 1.37. The van der Waals surface area contributed by atoms with Crippen LogP contribution in [0.15, 0.2) is 48.8 Å². The first-order valence-electron chi connectivity index (χ1n) is 9.07. The molecular weight excluding hydrogens is 326 g/mol. The number of fused-ring (bicyclic) bond motifs is 1. The van der Waals surface area contributed by atoms with Crippen molar-refractivity contribution in [3.05, 3.63) is 54.6 Å². The zero-order valence-corrected chi connectivity index (χ0v) is 14.9. The lowest BCUT2D eigenvalue weighted by Crippen LogP contribution is -2.41. The maximum absolute atomic E-state index is 12.7. The SMILES string of the molecule is Cn1cnnc1CC1CCN(C(=O)Nc2cccc3ccccc23)CC1. The summed E-state index contributed by atoms with van der Waals surface area (Å²) in [6, 6.07) is 14.1. The van der Waals surface area contributed by atoms with Gasteiger partial charge in [0, 0.05) is 31.9 Å². The van der Waals surface area contributed by atoms with Gasteiger partial charge in [-0.1, -0.05) is 36.4 Å². The summed E-state index contributed by atoms with van der Waals surface area (Å²) >= 11 is 0. The molecule has 0 unspecified atom stereocenters. The number of nitrogens with zero attached hydrogens (tertiary/aromatic N) is 4. The van der Waals surface area contributed by atoms with Crippen molar-refractivity contribution in [1.29, 1.82) is 0 Å². The van der Waals surface area contributed by atoms with Gasteiger partial charge >= 0.3 is 6.03 Å². The van der Waals surface area contributed by atoms with Gasteiger partial charge in [0.25, 0.3) is 0 Å².